The predicted octanol–water partition coefficient (Wildman–Crippen LogP) is 1.91. The van der Waals surface area contributed by atoms with E-state index in [1.54, 1.807) is 12.0 Å². The molecule has 2 rings (SSSR count). The Morgan fingerprint density at radius 1 is 1.33 bits per heavy atom. The lowest BCUT2D eigenvalue weighted by molar-refractivity contribution is -0.154. The van der Waals surface area contributed by atoms with Gasteiger partial charge in [-0.15, -0.1) is 0 Å². The zero-order chi connectivity index (χ0) is 17.7. The van der Waals surface area contributed by atoms with Crippen molar-refractivity contribution in [3.05, 3.63) is 29.8 Å². The number of halogens is 3. The Labute approximate surface area is 137 Å². The van der Waals surface area contributed by atoms with Gasteiger partial charge >= 0.3 is 6.18 Å². The Morgan fingerprint density at radius 3 is 2.58 bits per heavy atom. The molecule has 5 nitrogen and oxygen atoms in total. The Balaban J connectivity index is 1.80. The molecule has 0 aliphatic carbocycles. The number of carbonyl (C=O) groups is 2. The average molecular weight is 344 g/mol. The van der Waals surface area contributed by atoms with Crippen LogP contribution in [0.3, 0.4) is 0 Å². The molecule has 1 aromatic rings. The maximum atomic E-state index is 12.1. The standard InChI is InChI=1S/C16H19F3N2O3/c1-24-13-4-2-11(3-5-13)6-7-21-10-12(8-15(21)23)20-14(22)9-16(17,18)19/h2-5,12H,6-10H2,1H3,(H,20,22). The average Bonchev–Trinajstić information content (AvgIpc) is 2.83. The first-order chi connectivity index (χ1) is 11.3. The summed E-state index contributed by atoms with van der Waals surface area (Å²) in [5.41, 5.74) is 1.02. The Kier molecular flexibility index (Phi) is 5.69. The number of amides is 2. The van der Waals surface area contributed by atoms with E-state index in [0.717, 1.165) is 11.3 Å². The molecular weight excluding hydrogens is 325 g/mol. The fourth-order valence-corrected chi connectivity index (χ4v) is 2.60. The number of carbonyl (C=O) groups excluding carboxylic acids is 2. The molecule has 1 saturated heterocycles. The summed E-state index contributed by atoms with van der Waals surface area (Å²) in [4.78, 5) is 24.8. The minimum atomic E-state index is -4.54. The molecule has 1 heterocycles. The Morgan fingerprint density at radius 2 is 2.00 bits per heavy atom. The summed E-state index contributed by atoms with van der Waals surface area (Å²) in [5.74, 6) is -0.526. The van der Waals surface area contributed by atoms with Crippen molar-refractivity contribution in [2.45, 2.75) is 31.5 Å². The maximum Gasteiger partial charge on any atom is 0.397 e. The first-order valence-corrected chi connectivity index (χ1v) is 7.53. The van der Waals surface area contributed by atoms with Crippen LogP contribution < -0.4 is 10.1 Å². The van der Waals surface area contributed by atoms with Gasteiger partial charge in [0.2, 0.25) is 11.8 Å². The second-order valence-electron chi connectivity index (χ2n) is 5.70. The molecule has 0 radical (unpaired) electrons. The van der Waals surface area contributed by atoms with Crippen molar-refractivity contribution in [1.29, 1.82) is 0 Å². The highest BCUT2D eigenvalue weighted by Gasteiger charge is 2.35. The summed E-state index contributed by atoms with van der Waals surface area (Å²) < 4.78 is 41.5. The second-order valence-corrected chi connectivity index (χ2v) is 5.70. The topological polar surface area (TPSA) is 58.6 Å². The van der Waals surface area contributed by atoms with Crippen molar-refractivity contribution in [2.75, 3.05) is 20.2 Å². The molecule has 1 unspecified atom stereocenters. The van der Waals surface area contributed by atoms with E-state index < -0.39 is 24.5 Å². The predicted molar refractivity (Wildman–Crippen MR) is 80.5 cm³/mol. The number of rotatable bonds is 6. The van der Waals surface area contributed by atoms with Gasteiger partial charge < -0.3 is 15.0 Å². The van der Waals surface area contributed by atoms with Gasteiger partial charge in [0.1, 0.15) is 12.2 Å². The van der Waals surface area contributed by atoms with Gasteiger partial charge in [-0.3, -0.25) is 9.59 Å². The number of nitrogens with zero attached hydrogens (tertiary/aromatic N) is 1. The third-order valence-corrected chi connectivity index (χ3v) is 3.77. The van der Waals surface area contributed by atoms with Crippen molar-refractivity contribution < 1.29 is 27.5 Å². The summed E-state index contributed by atoms with van der Waals surface area (Å²) in [6, 6.07) is 6.86. The Bertz CT molecular complexity index is 587. The van der Waals surface area contributed by atoms with Crippen molar-refractivity contribution in [2.24, 2.45) is 0 Å². The number of benzene rings is 1. The van der Waals surface area contributed by atoms with Gasteiger partial charge in [-0.1, -0.05) is 12.1 Å². The van der Waals surface area contributed by atoms with Crippen LogP contribution in [0.1, 0.15) is 18.4 Å². The molecule has 1 atom stereocenters. The molecule has 0 saturated carbocycles. The van der Waals surface area contributed by atoms with Crippen LogP contribution in [0.4, 0.5) is 13.2 Å². The molecule has 1 fully saturated rings. The minimum Gasteiger partial charge on any atom is -0.497 e. The highest BCUT2D eigenvalue weighted by Crippen LogP contribution is 2.20. The van der Waals surface area contributed by atoms with E-state index in [9.17, 15) is 22.8 Å². The molecule has 0 spiro atoms. The third-order valence-electron chi connectivity index (χ3n) is 3.77. The van der Waals surface area contributed by atoms with Gasteiger partial charge in [0, 0.05) is 19.5 Å². The maximum absolute atomic E-state index is 12.1. The molecule has 132 valence electrons. The number of likely N-dealkylation sites (tertiary alicyclic amines) is 1. The van der Waals surface area contributed by atoms with Gasteiger partial charge in [-0.2, -0.15) is 13.2 Å². The van der Waals surface area contributed by atoms with Crippen LogP contribution in [0.25, 0.3) is 0 Å². The van der Waals surface area contributed by atoms with Gasteiger partial charge in [-0.05, 0) is 24.1 Å². The zero-order valence-electron chi connectivity index (χ0n) is 13.2. The minimum absolute atomic E-state index is 0.0339. The zero-order valence-corrected chi connectivity index (χ0v) is 13.2. The summed E-state index contributed by atoms with van der Waals surface area (Å²) in [6.45, 7) is 0.690. The molecule has 1 N–H and O–H groups in total. The summed E-state index contributed by atoms with van der Waals surface area (Å²) in [5, 5.41) is 2.27. The van der Waals surface area contributed by atoms with Gasteiger partial charge in [-0.25, -0.2) is 0 Å². The highest BCUT2D eigenvalue weighted by molar-refractivity contribution is 5.82. The van der Waals surface area contributed by atoms with Crippen molar-refractivity contribution >= 4 is 11.8 Å². The normalized spacial score (nSPS) is 17.9. The van der Waals surface area contributed by atoms with Crippen LogP contribution >= 0.6 is 0 Å². The number of hydrogen-bond donors (Lipinski definition) is 1. The largest absolute Gasteiger partial charge is 0.497 e. The van der Waals surface area contributed by atoms with E-state index in [-0.39, 0.29) is 18.9 Å². The molecule has 24 heavy (non-hydrogen) atoms. The number of methoxy groups -OCH3 is 1. The molecule has 0 bridgehead atoms. The van der Waals surface area contributed by atoms with E-state index >= 15 is 0 Å². The fourth-order valence-electron chi connectivity index (χ4n) is 2.60. The van der Waals surface area contributed by atoms with Crippen LogP contribution in [0.5, 0.6) is 5.75 Å². The summed E-state index contributed by atoms with van der Waals surface area (Å²) in [6.07, 6.45) is -5.41. The molecular formula is C16H19F3N2O3. The summed E-state index contributed by atoms with van der Waals surface area (Å²) in [7, 11) is 1.57. The lowest BCUT2D eigenvalue weighted by Gasteiger charge is -2.17. The van der Waals surface area contributed by atoms with E-state index in [1.165, 1.54) is 0 Å². The molecule has 0 aromatic heterocycles. The number of alkyl halides is 3. The van der Waals surface area contributed by atoms with E-state index in [0.29, 0.717) is 13.0 Å². The summed E-state index contributed by atoms with van der Waals surface area (Å²) >= 11 is 0. The second kappa shape index (κ2) is 7.55. The lowest BCUT2D eigenvalue weighted by atomic mass is 10.1. The van der Waals surface area contributed by atoms with Crippen molar-refractivity contribution in [3.8, 4) is 5.75 Å². The van der Waals surface area contributed by atoms with E-state index in [1.807, 2.05) is 24.3 Å². The molecule has 1 aliphatic rings. The van der Waals surface area contributed by atoms with Crippen molar-refractivity contribution in [3.63, 3.8) is 0 Å². The third kappa shape index (κ3) is 5.43. The van der Waals surface area contributed by atoms with Crippen LogP contribution in [0.15, 0.2) is 24.3 Å². The first-order valence-electron chi connectivity index (χ1n) is 7.53. The smallest absolute Gasteiger partial charge is 0.397 e. The molecule has 1 aromatic carbocycles. The van der Waals surface area contributed by atoms with Gasteiger partial charge in [0.05, 0.1) is 13.2 Å². The van der Waals surface area contributed by atoms with Crippen molar-refractivity contribution in [1.82, 2.24) is 10.2 Å². The number of nitrogens with one attached hydrogen (secondary N) is 1. The van der Waals surface area contributed by atoms with Gasteiger partial charge in [0.25, 0.3) is 0 Å². The van der Waals surface area contributed by atoms with Crippen LogP contribution in [0, 0.1) is 0 Å². The monoisotopic (exact) mass is 344 g/mol. The quantitative estimate of drug-likeness (QED) is 0.858. The van der Waals surface area contributed by atoms with E-state index in [4.69, 9.17) is 4.74 Å². The number of hydrogen-bond acceptors (Lipinski definition) is 3. The highest BCUT2D eigenvalue weighted by atomic mass is 19.4. The van der Waals surface area contributed by atoms with Crippen LogP contribution in [-0.2, 0) is 16.0 Å². The van der Waals surface area contributed by atoms with Crippen LogP contribution in [-0.4, -0.2) is 49.1 Å². The lowest BCUT2D eigenvalue weighted by Crippen LogP contribution is -2.39. The molecule has 1 aliphatic heterocycles. The Hall–Kier alpha value is -2.25. The number of ether oxygens (including phenoxy) is 1. The van der Waals surface area contributed by atoms with Gasteiger partial charge in [0.15, 0.2) is 0 Å². The molecule has 2 amide bonds. The SMILES string of the molecule is COc1ccc(CCN2CC(NC(=O)CC(F)(F)F)CC2=O)cc1. The molecule has 8 heteroatoms. The fraction of sp³-hybridized carbons (Fsp3) is 0.500. The van der Waals surface area contributed by atoms with Crippen LogP contribution in [0.2, 0.25) is 0 Å². The van der Waals surface area contributed by atoms with E-state index in [2.05, 4.69) is 5.32 Å². The first kappa shape index (κ1) is 18.1.